The molecule has 0 radical (unpaired) electrons. The number of carbonyl (C=O) groups is 1. The molecule has 1 heterocycles. The summed E-state index contributed by atoms with van der Waals surface area (Å²) in [5.74, 6) is -0.321. The molecule has 1 aromatic heterocycles. The molecule has 3 aromatic rings. The molecular weight excluding hydrogens is 446 g/mol. The third-order valence-electron chi connectivity index (χ3n) is 4.13. The summed E-state index contributed by atoms with van der Waals surface area (Å²) in [6.07, 6.45) is 2.46. The van der Waals surface area contributed by atoms with Gasteiger partial charge in [0.15, 0.2) is 0 Å². The van der Waals surface area contributed by atoms with Gasteiger partial charge >= 0.3 is 0 Å². The van der Waals surface area contributed by atoms with Crippen LogP contribution in [0.25, 0.3) is 10.9 Å². The molecule has 1 amide bonds. The van der Waals surface area contributed by atoms with Gasteiger partial charge in [-0.1, -0.05) is 29.8 Å². The maximum Gasteiger partial charge on any atom is 0.247 e. The molecule has 0 saturated carbocycles. The Morgan fingerprint density at radius 2 is 1.94 bits per heavy atom. The van der Waals surface area contributed by atoms with Crippen molar-refractivity contribution in [1.82, 2.24) is 9.97 Å². The van der Waals surface area contributed by atoms with Crippen molar-refractivity contribution in [3.05, 3.63) is 59.1 Å². The Labute approximate surface area is 188 Å². The number of anilines is 3. The van der Waals surface area contributed by atoms with Crippen LogP contribution in [0.5, 0.6) is 5.75 Å². The second kappa shape index (κ2) is 10.4. The standard InChI is InChI=1S/C21H19Cl2FN4O3/c1-3-20(29)27-18-7-12-16(10-19(18)31-6-5-30-4-2)25-11-26-21(12)28-17-9-14(23)13(22)8-15(17)24/h3,7-11H,1,4-6H2,2H3,(H,27,29)(H,25,26,28). The molecule has 31 heavy (non-hydrogen) atoms. The topological polar surface area (TPSA) is 85.4 Å². The van der Waals surface area contributed by atoms with Gasteiger partial charge in [-0.2, -0.15) is 0 Å². The Morgan fingerprint density at radius 1 is 1.16 bits per heavy atom. The van der Waals surface area contributed by atoms with Crippen molar-refractivity contribution < 1.29 is 18.7 Å². The summed E-state index contributed by atoms with van der Waals surface area (Å²) in [7, 11) is 0. The molecule has 0 aliphatic rings. The van der Waals surface area contributed by atoms with E-state index in [1.54, 1.807) is 12.1 Å². The van der Waals surface area contributed by atoms with Gasteiger partial charge in [0.2, 0.25) is 5.91 Å². The molecule has 3 rings (SSSR count). The minimum absolute atomic E-state index is 0.0862. The number of hydrogen-bond donors (Lipinski definition) is 2. The van der Waals surface area contributed by atoms with Crippen molar-refractivity contribution in [2.45, 2.75) is 6.92 Å². The van der Waals surface area contributed by atoms with E-state index in [9.17, 15) is 9.18 Å². The molecule has 0 unspecified atom stereocenters. The lowest BCUT2D eigenvalue weighted by molar-refractivity contribution is -0.111. The first kappa shape index (κ1) is 22.7. The van der Waals surface area contributed by atoms with E-state index in [4.69, 9.17) is 32.7 Å². The Morgan fingerprint density at radius 3 is 2.68 bits per heavy atom. The smallest absolute Gasteiger partial charge is 0.247 e. The van der Waals surface area contributed by atoms with Crippen LogP contribution < -0.4 is 15.4 Å². The third kappa shape index (κ3) is 5.61. The van der Waals surface area contributed by atoms with Gasteiger partial charge in [-0.05, 0) is 31.2 Å². The number of benzene rings is 2. The van der Waals surface area contributed by atoms with Crippen LogP contribution in [-0.4, -0.2) is 35.7 Å². The molecule has 0 spiro atoms. The number of halogens is 3. The van der Waals surface area contributed by atoms with Gasteiger partial charge in [-0.15, -0.1) is 0 Å². The van der Waals surface area contributed by atoms with Crippen LogP contribution in [-0.2, 0) is 9.53 Å². The van der Waals surface area contributed by atoms with E-state index >= 15 is 0 Å². The summed E-state index contributed by atoms with van der Waals surface area (Å²) in [6.45, 7) is 6.57. The quantitative estimate of drug-likeness (QED) is 0.252. The average Bonchev–Trinajstić information content (AvgIpc) is 2.75. The number of ether oxygens (including phenoxy) is 2. The molecule has 0 fully saturated rings. The van der Waals surface area contributed by atoms with Gasteiger partial charge in [0.05, 0.1) is 33.5 Å². The first-order chi connectivity index (χ1) is 14.9. The molecule has 2 aromatic carbocycles. The number of rotatable bonds is 9. The number of amides is 1. The second-order valence-corrected chi connectivity index (χ2v) is 7.01. The molecule has 0 aliphatic carbocycles. The van der Waals surface area contributed by atoms with Crippen molar-refractivity contribution in [2.24, 2.45) is 0 Å². The minimum atomic E-state index is -0.600. The lowest BCUT2D eigenvalue weighted by atomic mass is 10.1. The Kier molecular flexibility index (Phi) is 7.62. The molecule has 10 heteroatoms. The zero-order valence-corrected chi connectivity index (χ0v) is 18.1. The molecular formula is C21H19Cl2FN4O3. The fourth-order valence-electron chi connectivity index (χ4n) is 2.69. The van der Waals surface area contributed by atoms with Crippen LogP contribution in [0, 0.1) is 5.82 Å². The lowest BCUT2D eigenvalue weighted by Crippen LogP contribution is -2.12. The number of nitrogens with one attached hydrogen (secondary N) is 2. The van der Waals surface area contributed by atoms with Crippen LogP contribution in [0.2, 0.25) is 10.0 Å². The largest absolute Gasteiger partial charge is 0.489 e. The molecule has 2 N–H and O–H groups in total. The lowest BCUT2D eigenvalue weighted by Gasteiger charge is -2.15. The van der Waals surface area contributed by atoms with E-state index in [1.165, 1.54) is 12.4 Å². The predicted octanol–water partition coefficient (Wildman–Crippen LogP) is 5.36. The maximum atomic E-state index is 14.3. The number of nitrogens with zero attached hydrogens (tertiary/aromatic N) is 2. The van der Waals surface area contributed by atoms with Gasteiger partial charge in [-0.25, -0.2) is 14.4 Å². The van der Waals surface area contributed by atoms with Crippen molar-refractivity contribution in [3.63, 3.8) is 0 Å². The van der Waals surface area contributed by atoms with Crippen molar-refractivity contribution >= 4 is 57.2 Å². The summed E-state index contributed by atoms with van der Waals surface area (Å²) >= 11 is 11.9. The highest BCUT2D eigenvalue weighted by molar-refractivity contribution is 6.42. The Hall–Kier alpha value is -2.94. The summed E-state index contributed by atoms with van der Waals surface area (Å²) in [5, 5.41) is 6.39. The monoisotopic (exact) mass is 464 g/mol. The number of carbonyl (C=O) groups excluding carboxylic acids is 1. The van der Waals surface area contributed by atoms with E-state index < -0.39 is 11.7 Å². The van der Waals surface area contributed by atoms with Gasteiger partial charge in [-0.3, -0.25) is 4.79 Å². The Bertz CT molecular complexity index is 1130. The summed E-state index contributed by atoms with van der Waals surface area (Å²) < 4.78 is 25.4. The minimum Gasteiger partial charge on any atom is -0.489 e. The van der Waals surface area contributed by atoms with E-state index in [-0.39, 0.29) is 22.3 Å². The molecule has 0 aliphatic heterocycles. The van der Waals surface area contributed by atoms with Crippen LogP contribution in [0.3, 0.4) is 0 Å². The SMILES string of the molecule is C=CC(=O)Nc1cc2c(Nc3cc(Cl)c(Cl)cc3F)ncnc2cc1OCCOCC. The first-order valence-electron chi connectivity index (χ1n) is 9.27. The fraction of sp³-hybridized carbons (Fsp3) is 0.190. The van der Waals surface area contributed by atoms with Crippen molar-refractivity contribution in [2.75, 3.05) is 30.5 Å². The van der Waals surface area contributed by atoms with E-state index in [2.05, 4.69) is 27.2 Å². The highest BCUT2D eigenvalue weighted by Crippen LogP contribution is 2.35. The highest BCUT2D eigenvalue weighted by atomic mass is 35.5. The van der Waals surface area contributed by atoms with Gasteiger partial charge < -0.3 is 20.1 Å². The average molecular weight is 465 g/mol. The molecule has 162 valence electrons. The van der Waals surface area contributed by atoms with Crippen LogP contribution in [0.1, 0.15) is 6.92 Å². The van der Waals surface area contributed by atoms with Gasteiger partial charge in [0, 0.05) is 18.1 Å². The number of aromatic nitrogens is 2. The first-order valence-corrected chi connectivity index (χ1v) is 10.0. The molecule has 7 nitrogen and oxygen atoms in total. The predicted molar refractivity (Wildman–Crippen MR) is 120 cm³/mol. The summed E-state index contributed by atoms with van der Waals surface area (Å²) in [6, 6.07) is 5.75. The van der Waals surface area contributed by atoms with E-state index in [1.807, 2.05) is 6.92 Å². The molecule has 0 saturated heterocycles. The van der Waals surface area contributed by atoms with Gasteiger partial charge in [0.1, 0.15) is 30.3 Å². The van der Waals surface area contributed by atoms with Crippen LogP contribution in [0.4, 0.5) is 21.6 Å². The fourth-order valence-corrected chi connectivity index (χ4v) is 3.00. The Balaban J connectivity index is 2.01. The van der Waals surface area contributed by atoms with Crippen LogP contribution in [0.15, 0.2) is 43.2 Å². The molecule has 0 bridgehead atoms. The number of hydrogen-bond acceptors (Lipinski definition) is 6. The van der Waals surface area contributed by atoms with E-state index in [0.29, 0.717) is 41.4 Å². The normalized spacial score (nSPS) is 10.7. The zero-order chi connectivity index (χ0) is 22.4. The second-order valence-electron chi connectivity index (χ2n) is 6.20. The third-order valence-corrected chi connectivity index (χ3v) is 4.85. The van der Waals surface area contributed by atoms with Crippen molar-refractivity contribution in [1.29, 1.82) is 0 Å². The number of fused-ring (bicyclic) bond motifs is 1. The summed E-state index contributed by atoms with van der Waals surface area (Å²) in [4.78, 5) is 20.3. The summed E-state index contributed by atoms with van der Waals surface area (Å²) in [5.41, 5.74) is 0.977. The maximum absolute atomic E-state index is 14.3. The molecule has 0 atom stereocenters. The van der Waals surface area contributed by atoms with Crippen molar-refractivity contribution in [3.8, 4) is 5.75 Å². The van der Waals surface area contributed by atoms with Crippen LogP contribution >= 0.6 is 23.2 Å². The van der Waals surface area contributed by atoms with Gasteiger partial charge in [0.25, 0.3) is 0 Å². The van der Waals surface area contributed by atoms with E-state index in [0.717, 1.165) is 12.1 Å². The zero-order valence-electron chi connectivity index (χ0n) is 16.5. The highest BCUT2D eigenvalue weighted by Gasteiger charge is 2.15.